The van der Waals surface area contributed by atoms with E-state index in [-0.39, 0.29) is 6.54 Å². The van der Waals surface area contributed by atoms with Gasteiger partial charge in [0.2, 0.25) is 5.91 Å². The fourth-order valence-electron chi connectivity index (χ4n) is 1.03. The molecular formula is C10H10Cl2N2O3. The molecule has 0 radical (unpaired) electrons. The summed E-state index contributed by atoms with van der Waals surface area (Å²) in [5.74, 6) is -0.453. The molecule has 0 unspecified atom stereocenters. The van der Waals surface area contributed by atoms with Crippen LogP contribution in [0.2, 0.25) is 10.0 Å². The molecule has 0 saturated carbocycles. The van der Waals surface area contributed by atoms with E-state index >= 15 is 0 Å². The van der Waals surface area contributed by atoms with Gasteiger partial charge in [-0.1, -0.05) is 29.3 Å². The SMILES string of the molecule is COC(=O)NCC(=O)Nc1c(Cl)cccc1Cl. The highest BCUT2D eigenvalue weighted by atomic mass is 35.5. The molecular weight excluding hydrogens is 267 g/mol. The molecule has 0 bridgehead atoms. The fourth-order valence-corrected chi connectivity index (χ4v) is 1.52. The zero-order valence-electron chi connectivity index (χ0n) is 8.92. The summed E-state index contributed by atoms with van der Waals surface area (Å²) in [4.78, 5) is 22.2. The Bertz CT molecular complexity index is 417. The Labute approximate surface area is 108 Å². The number of carbonyl (C=O) groups excluding carboxylic acids is 2. The molecule has 1 aromatic rings. The van der Waals surface area contributed by atoms with E-state index < -0.39 is 12.0 Å². The zero-order chi connectivity index (χ0) is 12.8. The molecule has 0 saturated heterocycles. The predicted octanol–water partition coefficient (Wildman–Crippen LogP) is 2.29. The second-order valence-corrected chi connectivity index (χ2v) is 3.80. The average molecular weight is 277 g/mol. The van der Waals surface area contributed by atoms with E-state index in [0.29, 0.717) is 15.7 Å². The van der Waals surface area contributed by atoms with Crippen molar-refractivity contribution < 1.29 is 14.3 Å². The van der Waals surface area contributed by atoms with Gasteiger partial charge in [-0.2, -0.15) is 0 Å². The van der Waals surface area contributed by atoms with E-state index in [1.165, 1.54) is 7.11 Å². The van der Waals surface area contributed by atoms with Gasteiger partial charge in [-0.3, -0.25) is 4.79 Å². The Morgan fingerprint density at radius 3 is 2.41 bits per heavy atom. The number of hydrogen-bond acceptors (Lipinski definition) is 3. The Morgan fingerprint density at radius 2 is 1.88 bits per heavy atom. The molecule has 2 amide bonds. The van der Waals surface area contributed by atoms with Gasteiger partial charge in [0.05, 0.1) is 22.8 Å². The summed E-state index contributed by atoms with van der Waals surface area (Å²) in [6.45, 7) is -0.228. The van der Waals surface area contributed by atoms with Crippen LogP contribution in [0.3, 0.4) is 0 Å². The Hall–Kier alpha value is -1.46. The summed E-state index contributed by atoms with van der Waals surface area (Å²) in [5.41, 5.74) is 0.312. The highest BCUT2D eigenvalue weighted by molar-refractivity contribution is 6.39. The monoisotopic (exact) mass is 276 g/mol. The molecule has 0 aromatic heterocycles. The number of halogens is 2. The molecule has 0 spiro atoms. The number of rotatable bonds is 3. The fraction of sp³-hybridized carbons (Fsp3) is 0.200. The summed E-state index contributed by atoms with van der Waals surface area (Å²) >= 11 is 11.7. The third-order valence-corrected chi connectivity index (χ3v) is 2.44. The van der Waals surface area contributed by atoms with Gasteiger partial charge in [0.15, 0.2) is 0 Å². The quantitative estimate of drug-likeness (QED) is 0.890. The van der Waals surface area contributed by atoms with Gasteiger partial charge >= 0.3 is 6.09 Å². The van der Waals surface area contributed by atoms with Crippen molar-refractivity contribution in [2.24, 2.45) is 0 Å². The Morgan fingerprint density at radius 1 is 1.29 bits per heavy atom. The average Bonchev–Trinajstić information content (AvgIpc) is 2.31. The van der Waals surface area contributed by atoms with Crippen molar-refractivity contribution in [3.8, 4) is 0 Å². The van der Waals surface area contributed by atoms with Crippen LogP contribution in [0.25, 0.3) is 0 Å². The topological polar surface area (TPSA) is 67.4 Å². The van der Waals surface area contributed by atoms with Crippen LogP contribution in [0.5, 0.6) is 0 Å². The van der Waals surface area contributed by atoms with Gasteiger partial charge in [0.25, 0.3) is 0 Å². The maximum absolute atomic E-state index is 11.4. The van der Waals surface area contributed by atoms with E-state index in [1.54, 1.807) is 18.2 Å². The lowest BCUT2D eigenvalue weighted by molar-refractivity contribution is -0.115. The maximum atomic E-state index is 11.4. The van der Waals surface area contributed by atoms with Crippen molar-refractivity contribution in [3.05, 3.63) is 28.2 Å². The first-order valence-corrected chi connectivity index (χ1v) is 5.36. The smallest absolute Gasteiger partial charge is 0.407 e. The summed E-state index contributed by atoms with van der Waals surface area (Å²) in [5, 5.41) is 5.36. The summed E-state index contributed by atoms with van der Waals surface area (Å²) in [6, 6.07) is 4.85. The van der Waals surface area contributed by atoms with E-state index in [9.17, 15) is 9.59 Å². The van der Waals surface area contributed by atoms with Gasteiger partial charge in [-0.15, -0.1) is 0 Å². The highest BCUT2D eigenvalue weighted by Crippen LogP contribution is 2.29. The molecule has 17 heavy (non-hydrogen) atoms. The number of hydrogen-bond donors (Lipinski definition) is 2. The Balaban J connectivity index is 2.59. The van der Waals surface area contributed by atoms with Crippen molar-refractivity contribution in [3.63, 3.8) is 0 Å². The Kier molecular flexibility index (Phi) is 5.06. The van der Waals surface area contributed by atoms with Crippen LogP contribution in [-0.2, 0) is 9.53 Å². The summed E-state index contributed by atoms with van der Waals surface area (Å²) in [7, 11) is 1.21. The molecule has 1 rings (SSSR count). The number of nitrogens with one attached hydrogen (secondary N) is 2. The molecule has 0 aliphatic rings. The van der Waals surface area contributed by atoms with Crippen molar-refractivity contribution in [2.75, 3.05) is 19.0 Å². The lowest BCUT2D eigenvalue weighted by atomic mass is 10.3. The van der Waals surface area contributed by atoms with E-state index in [0.717, 1.165) is 0 Å². The van der Waals surface area contributed by atoms with Crippen molar-refractivity contribution in [1.82, 2.24) is 5.32 Å². The lowest BCUT2D eigenvalue weighted by Crippen LogP contribution is -2.32. The maximum Gasteiger partial charge on any atom is 0.407 e. The van der Waals surface area contributed by atoms with Crippen LogP contribution >= 0.6 is 23.2 Å². The van der Waals surface area contributed by atoms with E-state index in [1.807, 2.05) is 0 Å². The molecule has 1 aromatic carbocycles. The molecule has 0 fully saturated rings. The molecule has 0 aliphatic carbocycles. The van der Waals surface area contributed by atoms with Crippen molar-refractivity contribution in [2.45, 2.75) is 0 Å². The highest BCUT2D eigenvalue weighted by Gasteiger charge is 2.10. The van der Waals surface area contributed by atoms with E-state index in [4.69, 9.17) is 23.2 Å². The first-order chi connectivity index (χ1) is 8.04. The van der Waals surface area contributed by atoms with Gasteiger partial charge in [0, 0.05) is 0 Å². The standard InChI is InChI=1S/C10H10Cl2N2O3/c1-17-10(16)13-5-8(15)14-9-6(11)3-2-4-7(9)12/h2-4H,5H2,1H3,(H,13,16)(H,14,15). The largest absolute Gasteiger partial charge is 0.453 e. The number of carbonyl (C=O) groups is 2. The van der Waals surface area contributed by atoms with Gasteiger partial charge < -0.3 is 15.4 Å². The van der Waals surface area contributed by atoms with E-state index in [2.05, 4.69) is 15.4 Å². The number of alkyl carbamates (subject to hydrolysis) is 1. The van der Waals surface area contributed by atoms with Gasteiger partial charge in [0.1, 0.15) is 6.54 Å². The summed E-state index contributed by atoms with van der Waals surface area (Å²) < 4.78 is 4.32. The molecule has 0 heterocycles. The second-order valence-electron chi connectivity index (χ2n) is 2.99. The minimum atomic E-state index is -0.689. The minimum absolute atomic E-state index is 0.228. The number of methoxy groups -OCH3 is 1. The molecule has 0 aliphatic heterocycles. The minimum Gasteiger partial charge on any atom is -0.453 e. The van der Waals surface area contributed by atoms with Crippen LogP contribution in [0.4, 0.5) is 10.5 Å². The van der Waals surface area contributed by atoms with Crippen molar-refractivity contribution in [1.29, 1.82) is 0 Å². The molecule has 2 N–H and O–H groups in total. The third-order valence-electron chi connectivity index (χ3n) is 1.81. The van der Waals surface area contributed by atoms with Crippen LogP contribution < -0.4 is 10.6 Å². The van der Waals surface area contributed by atoms with Crippen LogP contribution in [0, 0.1) is 0 Å². The number of anilines is 1. The van der Waals surface area contributed by atoms with Crippen LogP contribution in [0.1, 0.15) is 0 Å². The lowest BCUT2D eigenvalue weighted by Gasteiger charge is -2.09. The normalized spacial score (nSPS) is 9.59. The van der Waals surface area contributed by atoms with Crippen molar-refractivity contribution >= 4 is 40.9 Å². The van der Waals surface area contributed by atoms with Gasteiger partial charge in [-0.25, -0.2) is 4.79 Å². The summed E-state index contributed by atoms with van der Waals surface area (Å²) in [6.07, 6.45) is -0.689. The first-order valence-electron chi connectivity index (χ1n) is 4.60. The number of benzene rings is 1. The number of amides is 2. The zero-order valence-corrected chi connectivity index (χ0v) is 10.4. The number of para-hydroxylation sites is 1. The number of ether oxygens (including phenoxy) is 1. The van der Waals surface area contributed by atoms with Crippen LogP contribution in [-0.4, -0.2) is 25.7 Å². The molecule has 5 nitrogen and oxygen atoms in total. The third kappa shape index (κ3) is 4.13. The molecule has 92 valence electrons. The first kappa shape index (κ1) is 13.6. The predicted molar refractivity (Wildman–Crippen MR) is 65.5 cm³/mol. The van der Waals surface area contributed by atoms with Crippen LogP contribution in [0.15, 0.2) is 18.2 Å². The second kappa shape index (κ2) is 6.32. The molecule has 0 atom stereocenters. The molecule has 7 heteroatoms. The van der Waals surface area contributed by atoms with Gasteiger partial charge in [-0.05, 0) is 12.1 Å².